The molecule has 0 aromatic heterocycles. The van der Waals surface area contributed by atoms with Crippen molar-refractivity contribution in [3.05, 3.63) is 0 Å². The maximum atomic E-state index is 13.2. The second-order valence-electron chi connectivity index (χ2n) is 16.9. The molecule has 6 amide bonds. The van der Waals surface area contributed by atoms with Crippen LogP contribution in [0.3, 0.4) is 0 Å². The van der Waals surface area contributed by atoms with Crippen LogP contribution < -0.4 is 31.9 Å². The van der Waals surface area contributed by atoms with E-state index in [1.165, 1.54) is 0 Å². The number of hydrogen-bond acceptors (Lipinski definition) is 16. The molecule has 0 spiro atoms. The summed E-state index contributed by atoms with van der Waals surface area (Å²) in [6.07, 6.45) is -3.29. The quantitative estimate of drug-likeness (QED) is 0.0323. The van der Waals surface area contributed by atoms with Crippen LogP contribution in [0.1, 0.15) is 130 Å². The fourth-order valence-electron chi connectivity index (χ4n) is 7.24. The van der Waals surface area contributed by atoms with Crippen molar-refractivity contribution >= 4 is 35.4 Å². The van der Waals surface area contributed by atoms with Crippen molar-refractivity contribution in [1.29, 1.82) is 0 Å². The molecule has 0 aromatic rings. The number of aliphatic hydroxyl groups is 6. The van der Waals surface area contributed by atoms with Crippen LogP contribution in [-0.2, 0) is 47.7 Å². The lowest BCUT2D eigenvalue weighted by Crippen LogP contribution is -2.57. The normalized spacial score (nSPS) is 25.6. The third-order valence-corrected chi connectivity index (χ3v) is 11.3. The van der Waals surface area contributed by atoms with Crippen molar-refractivity contribution in [2.75, 3.05) is 45.9 Å². The number of rotatable bonds is 34. The molecule has 2 rings (SSSR count). The molecule has 0 radical (unpaired) electrons. The van der Waals surface area contributed by atoms with Crippen LogP contribution in [0.15, 0.2) is 0 Å². The zero-order valence-corrected chi connectivity index (χ0v) is 39.1. The predicted molar refractivity (Wildman–Crippen MR) is 238 cm³/mol. The van der Waals surface area contributed by atoms with E-state index in [4.69, 9.17) is 18.9 Å². The van der Waals surface area contributed by atoms with Gasteiger partial charge >= 0.3 is 0 Å². The molecule has 0 bridgehead atoms. The minimum absolute atomic E-state index is 0.00880. The number of unbranched alkanes of at least 4 members (excludes halogenated alkanes) is 7. The number of hydrogen-bond donors (Lipinski definition) is 12. The fourth-order valence-corrected chi connectivity index (χ4v) is 7.24. The van der Waals surface area contributed by atoms with Gasteiger partial charge in [0.05, 0.1) is 25.4 Å². The SMILES string of the molecule is CCNC(=O)CCCCCCC(=O)N[C@@H](CCCCNC(=O)CCCCC(=O)NCCO[C@@H]1O[C@@H](C)[C@@H](O)[C@@H](O)[C@@H]1O)C(=O)NCCCCCC(=O)NCCO[C@@H]1O[C@@H](C)[C@@H](O)[C@@H](O)[C@@H]1O. The number of ether oxygens (including phenoxy) is 4. The van der Waals surface area contributed by atoms with E-state index in [9.17, 15) is 59.4 Å². The summed E-state index contributed by atoms with van der Waals surface area (Å²) < 4.78 is 21.5. The van der Waals surface area contributed by atoms with Crippen molar-refractivity contribution in [3.8, 4) is 0 Å². The zero-order valence-electron chi connectivity index (χ0n) is 39.1. The number of carbonyl (C=O) groups is 6. The Bertz CT molecular complexity index is 1430. The molecule has 12 N–H and O–H groups in total. The summed E-state index contributed by atoms with van der Waals surface area (Å²) in [7, 11) is 0. The van der Waals surface area contributed by atoms with Crippen LogP contribution in [0, 0.1) is 0 Å². The number of amides is 6. The summed E-state index contributed by atoms with van der Waals surface area (Å²) >= 11 is 0. The van der Waals surface area contributed by atoms with Crippen LogP contribution >= 0.6 is 0 Å². The Morgan fingerprint density at radius 1 is 0.455 bits per heavy atom. The van der Waals surface area contributed by atoms with Crippen molar-refractivity contribution in [2.24, 2.45) is 0 Å². The molecular formula is C44H80N6O16. The standard InChI is InChI=1S/C44H80N6O16/c1-4-45-31(51)17-8-5-6-9-21-35(55)50-30(42(62)49-23-14-7-10-18-33(53)47-24-26-63-43-40(60)38(58)36(56)28(2)65-43)16-13-15-22-46-32(52)19-11-12-20-34(54)48-25-27-64-44-41(61)39(59)37(57)29(3)66-44/h28-30,36-41,43-44,56-61H,4-27H2,1-3H3,(H,45,51)(H,46,52)(H,47,53)(H,48,54)(H,49,62)(H,50,55)/t28-,29-,30-,36+,37+,38+,39+,40-,41-,43+,44+/m0/s1. The Balaban J connectivity index is 1.64. The molecular weight excluding hydrogens is 869 g/mol. The smallest absolute Gasteiger partial charge is 0.242 e. The van der Waals surface area contributed by atoms with Gasteiger partial charge in [-0.15, -0.1) is 0 Å². The molecule has 0 unspecified atom stereocenters. The van der Waals surface area contributed by atoms with Crippen molar-refractivity contribution < 1.29 is 78.4 Å². The van der Waals surface area contributed by atoms with E-state index in [0.717, 1.165) is 19.3 Å². The third kappa shape index (κ3) is 23.9. The average Bonchev–Trinajstić information content (AvgIpc) is 3.28. The predicted octanol–water partition coefficient (Wildman–Crippen LogP) is -1.61. The Morgan fingerprint density at radius 2 is 0.833 bits per heavy atom. The second-order valence-corrected chi connectivity index (χ2v) is 16.9. The van der Waals surface area contributed by atoms with Gasteiger partial charge in [-0.2, -0.15) is 0 Å². The zero-order chi connectivity index (χ0) is 48.9. The lowest BCUT2D eigenvalue weighted by molar-refractivity contribution is -0.292. The van der Waals surface area contributed by atoms with E-state index >= 15 is 0 Å². The van der Waals surface area contributed by atoms with E-state index in [1.54, 1.807) is 13.8 Å². The van der Waals surface area contributed by atoms with E-state index in [-0.39, 0.29) is 87.4 Å². The van der Waals surface area contributed by atoms with Gasteiger partial charge in [-0.1, -0.05) is 19.3 Å². The van der Waals surface area contributed by atoms with Gasteiger partial charge in [0, 0.05) is 64.8 Å². The molecule has 66 heavy (non-hydrogen) atoms. The van der Waals surface area contributed by atoms with Crippen LogP contribution in [0.25, 0.3) is 0 Å². The molecule has 2 aliphatic heterocycles. The topological polar surface area (TPSA) is 333 Å². The highest BCUT2D eigenvalue weighted by molar-refractivity contribution is 5.87. The number of aliphatic hydroxyl groups excluding tert-OH is 6. The summed E-state index contributed by atoms with van der Waals surface area (Å²) in [5.41, 5.74) is 0. The molecule has 22 heteroatoms. The average molecular weight is 949 g/mol. The molecule has 2 saturated heterocycles. The lowest BCUT2D eigenvalue weighted by atomic mass is 10.0. The first-order valence-electron chi connectivity index (χ1n) is 23.8. The maximum absolute atomic E-state index is 13.2. The van der Waals surface area contributed by atoms with E-state index < -0.39 is 67.5 Å². The maximum Gasteiger partial charge on any atom is 0.242 e. The molecule has 2 heterocycles. The van der Waals surface area contributed by atoms with Gasteiger partial charge in [-0.05, 0) is 78.6 Å². The van der Waals surface area contributed by atoms with E-state index in [2.05, 4.69) is 31.9 Å². The fraction of sp³-hybridized carbons (Fsp3) is 0.864. The summed E-state index contributed by atoms with van der Waals surface area (Å²) in [5, 5.41) is 76.1. The Hall–Kier alpha value is -3.58. The molecule has 0 aromatic carbocycles. The number of carbonyl (C=O) groups excluding carboxylic acids is 6. The summed E-state index contributed by atoms with van der Waals surface area (Å²) in [6, 6.07) is -0.772. The lowest BCUT2D eigenvalue weighted by Gasteiger charge is -2.38. The molecule has 2 aliphatic rings. The van der Waals surface area contributed by atoms with Crippen LogP contribution in [0.5, 0.6) is 0 Å². The van der Waals surface area contributed by atoms with Crippen molar-refractivity contribution in [1.82, 2.24) is 31.9 Å². The van der Waals surface area contributed by atoms with Gasteiger partial charge < -0.3 is 81.5 Å². The molecule has 382 valence electrons. The van der Waals surface area contributed by atoms with Gasteiger partial charge in [0.25, 0.3) is 0 Å². The minimum Gasteiger partial charge on any atom is -0.388 e. The van der Waals surface area contributed by atoms with E-state index in [1.807, 2.05) is 6.92 Å². The first kappa shape index (κ1) is 58.5. The highest BCUT2D eigenvalue weighted by atomic mass is 16.7. The Morgan fingerprint density at radius 3 is 1.30 bits per heavy atom. The van der Waals surface area contributed by atoms with Crippen molar-refractivity contribution in [3.63, 3.8) is 0 Å². The molecule has 11 atom stereocenters. The summed E-state index contributed by atoms with van der Waals surface area (Å²) in [4.78, 5) is 74.6. The van der Waals surface area contributed by atoms with Gasteiger partial charge in [0.15, 0.2) is 12.6 Å². The Labute approximate surface area is 388 Å². The first-order chi connectivity index (χ1) is 31.5. The van der Waals surface area contributed by atoms with Crippen LogP contribution in [-0.4, -0.2) is 179 Å². The van der Waals surface area contributed by atoms with Crippen LogP contribution in [0.2, 0.25) is 0 Å². The number of nitrogens with one attached hydrogen (secondary N) is 6. The first-order valence-corrected chi connectivity index (χ1v) is 23.8. The van der Waals surface area contributed by atoms with E-state index in [0.29, 0.717) is 83.8 Å². The highest BCUT2D eigenvalue weighted by Crippen LogP contribution is 2.23. The van der Waals surface area contributed by atoms with Gasteiger partial charge in [-0.25, -0.2) is 0 Å². The van der Waals surface area contributed by atoms with Gasteiger partial charge in [0.1, 0.15) is 42.7 Å². The monoisotopic (exact) mass is 949 g/mol. The molecule has 0 saturated carbocycles. The largest absolute Gasteiger partial charge is 0.388 e. The molecule has 0 aliphatic carbocycles. The third-order valence-electron chi connectivity index (χ3n) is 11.3. The summed E-state index contributed by atoms with van der Waals surface area (Å²) in [6.45, 7) is 6.60. The highest BCUT2D eigenvalue weighted by Gasteiger charge is 2.43. The van der Waals surface area contributed by atoms with Crippen LogP contribution in [0.4, 0.5) is 0 Å². The molecule has 2 fully saturated rings. The summed E-state index contributed by atoms with van der Waals surface area (Å²) in [5.74, 6) is -1.16. The second kappa shape index (κ2) is 33.8. The Kier molecular flexibility index (Phi) is 30.0. The molecule has 22 nitrogen and oxygen atoms in total. The van der Waals surface area contributed by atoms with Crippen molar-refractivity contribution in [2.45, 2.75) is 197 Å². The minimum atomic E-state index is -1.43. The van der Waals surface area contributed by atoms with Gasteiger partial charge in [0.2, 0.25) is 35.4 Å². The van der Waals surface area contributed by atoms with Gasteiger partial charge in [-0.3, -0.25) is 28.8 Å².